The first-order chi connectivity index (χ1) is 14.9. The van der Waals surface area contributed by atoms with Gasteiger partial charge in [0.25, 0.3) is 5.69 Å². The molecule has 11 heteroatoms. The Morgan fingerprint density at radius 1 is 0.839 bits per heavy atom. The van der Waals surface area contributed by atoms with Crippen LogP contribution in [0.4, 0.5) is 11.4 Å². The Kier molecular flexibility index (Phi) is 4.91. The van der Waals surface area contributed by atoms with Crippen molar-refractivity contribution in [2.45, 2.75) is 0 Å². The molecule has 2 aromatic heterocycles. The highest BCUT2D eigenvalue weighted by Crippen LogP contribution is 2.35. The summed E-state index contributed by atoms with van der Waals surface area (Å²) in [6.45, 7) is 0. The number of rotatable bonds is 6. The number of pyridine rings is 1. The highest BCUT2D eigenvalue weighted by molar-refractivity contribution is 5.73. The standard InChI is InChI=1S/C20H15N5O6/c1-30-17-7-5-14(24(26)27)10-15(17)20-22-21-19-8-4-13(11-23(19)20)12-3-6-18(31-2)16(9-12)25(28)29/h3-11H,1-2H3. The number of nitro benzene ring substituents is 2. The van der Waals surface area contributed by atoms with E-state index in [1.165, 1.54) is 44.6 Å². The third-order valence-electron chi connectivity index (χ3n) is 4.75. The minimum absolute atomic E-state index is 0.116. The first-order valence-electron chi connectivity index (χ1n) is 8.93. The van der Waals surface area contributed by atoms with Crippen molar-refractivity contribution < 1.29 is 19.3 Å². The van der Waals surface area contributed by atoms with E-state index >= 15 is 0 Å². The lowest BCUT2D eigenvalue weighted by atomic mass is 10.1. The van der Waals surface area contributed by atoms with Crippen LogP contribution in [0.15, 0.2) is 54.7 Å². The van der Waals surface area contributed by atoms with Crippen molar-refractivity contribution in [3.8, 4) is 34.0 Å². The van der Waals surface area contributed by atoms with E-state index in [1.807, 2.05) is 0 Å². The summed E-state index contributed by atoms with van der Waals surface area (Å²) in [4.78, 5) is 21.6. The fourth-order valence-electron chi connectivity index (χ4n) is 3.24. The number of hydrogen-bond donors (Lipinski definition) is 0. The smallest absolute Gasteiger partial charge is 0.311 e. The molecule has 31 heavy (non-hydrogen) atoms. The monoisotopic (exact) mass is 421 g/mol. The van der Waals surface area contributed by atoms with Gasteiger partial charge in [-0.2, -0.15) is 0 Å². The van der Waals surface area contributed by atoms with Crippen LogP contribution in [0.2, 0.25) is 0 Å². The summed E-state index contributed by atoms with van der Waals surface area (Å²) >= 11 is 0. The molecular formula is C20H15N5O6. The van der Waals surface area contributed by atoms with Gasteiger partial charge in [-0.25, -0.2) is 0 Å². The lowest BCUT2D eigenvalue weighted by Crippen LogP contribution is -1.97. The number of benzene rings is 2. The van der Waals surface area contributed by atoms with Crippen molar-refractivity contribution in [1.82, 2.24) is 14.6 Å². The van der Waals surface area contributed by atoms with Crippen LogP contribution in [0.1, 0.15) is 0 Å². The van der Waals surface area contributed by atoms with E-state index in [9.17, 15) is 20.2 Å². The molecule has 0 fully saturated rings. The van der Waals surface area contributed by atoms with Gasteiger partial charge >= 0.3 is 5.69 Å². The summed E-state index contributed by atoms with van der Waals surface area (Å²) in [6, 6.07) is 12.3. The minimum atomic E-state index is -0.515. The van der Waals surface area contributed by atoms with E-state index < -0.39 is 9.85 Å². The lowest BCUT2D eigenvalue weighted by Gasteiger charge is -2.09. The SMILES string of the molecule is COc1ccc([N+](=O)[O-])cc1-c1nnc2ccc(-c3ccc(OC)c([N+](=O)[O-])c3)cn12. The van der Waals surface area contributed by atoms with Crippen LogP contribution in [-0.4, -0.2) is 38.7 Å². The second kappa shape index (κ2) is 7.71. The van der Waals surface area contributed by atoms with E-state index in [2.05, 4.69) is 10.2 Å². The zero-order valence-electron chi connectivity index (χ0n) is 16.4. The van der Waals surface area contributed by atoms with E-state index in [4.69, 9.17) is 9.47 Å². The Hall–Kier alpha value is -4.54. The number of nitrogens with zero attached hydrogens (tertiary/aromatic N) is 5. The maximum atomic E-state index is 11.4. The van der Waals surface area contributed by atoms with Crippen LogP contribution >= 0.6 is 0 Å². The van der Waals surface area contributed by atoms with Gasteiger partial charge in [-0.1, -0.05) is 6.07 Å². The van der Waals surface area contributed by atoms with E-state index in [1.54, 1.807) is 28.8 Å². The van der Waals surface area contributed by atoms with E-state index in [-0.39, 0.29) is 17.1 Å². The molecule has 0 radical (unpaired) electrons. The Balaban J connectivity index is 1.89. The molecule has 0 spiro atoms. The summed E-state index contributed by atoms with van der Waals surface area (Å²) in [6.07, 6.45) is 1.70. The zero-order valence-corrected chi connectivity index (χ0v) is 16.4. The molecule has 0 N–H and O–H groups in total. The van der Waals surface area contributed by atoms with Gasteiger partial charge in [0, 0.05) is 24.4 Å². The van der Waals surface area contributed by atoms with Crippen molar-refractivity contribution in [3.05, 3.63) is 75.0 Å². The number of aromatic nitrogens is 3. The molecule has 0 saturated carbocycles. The fourth-order valence-corrected chi connectivity index (χ4v) is 3.24. The normalized spacial score (nSPS) is 10.8. The second-order valence-electron chi connectivity index (χ2n) is 6.46. The second-order valence-corrected chi connectivity index (χ2v) is 6.46. The molecule has 156 valence electrons. The van der Waals surface area contributed by atoms with Gasteiger partial charge in [-0.05, 0) is 35.4 Å². The lowest BCUT2D eigenvalue weighted by molar-refractivity contribution is -0.385. The molecule has 2 aromatic carbocycles. The quantitative estimate of drug-likeness (QED) is 0.338. The van der Waals surface area contributed by atoms with Crippen LogP contribution in [0.25, 0.3) is 28.2 Å². The molecule has 2 heterocycles. The van der Waals surface area contributed by atoms with Gasteiger partial charge < -0.3 is 9.47 Å². The van der Waals surface area contributed by atoms with Crippen LogP contribution in [0.3, 0.4) is 0 Å². The molecule has 0 aliphatic rings. The van der Waals surface area contributed by atoms with Crippen molar-refractivity contribution in [2.75, 3.05) is 14.2 Å². The molecule has 0 amide bonds. The molecule has 0 unspecified atom stereocenters. The molecule has 0 atom stereocenters. The van der Waals surface area contributed by atoms with Gasteiger partial charge in [0.05, 0.1) is 29.6 Å². The molecular weight excluding hydrogens is 406 g/mol. The molecule has 11 nitrogen and oxygen atoms in total. The fraction of sp³-hybridized carbons (Fsp3) is 0.100. The van der Waals surface area contributed by atoms with Crippen LogP contribution in [0.5, 0.6) is 11.5 Å². The maximum Gasteiger partial charge on any atom is 0.311 e. The zero-order chi connectivity index (χ0) is 22.1. The Bertz CT molecular complexity index is 1330. The molecule has 0 bridgehead atoms. The first kappa shape index (κ1) is 19.8. The van der Waals surface area contributed by atoms with Crippen molar-refractivity contribution in [2.24, 2.45) is 0 Å². The molecule has 0 aliphatic carbocycles. The highest BCUT2D eigenvalue weighted by Gasteiger charge is 2.19. The minimum Gasteiger partial charge on any atom is -0.496 e. The third kappa shape index (κ3) is 3.48. The summed E-state index contributed by atoms with van der Waals surface area (Å²) in [5.41, 5.74) is 1.85. The maximum absolute atomic E-state index is 11.4. The number of ether oxygens (including phenoxy) is 2. The summed E-state index contributed by atoms with van der Waals surface area (Å²) in [7, 11) is 2.82. The topological polar surface area (TPSA) is 135 Å². The van der Waals surface area contributed by atoms with Gasteiger partial charge in [-0.3, -0.25) is 24.6 Å². The van der Waals surface area contributed by atoms with Crippen LogP contribution in [-0.2, 0) is 0 Å². The third-order valence-corrected chi connectivity index (χ3v) is 4.75. The number of nitro groups is 2. The first-order valence-corrected chi connectivity index (χ1v) is 8.93. The molecule has 0 saturated heterocycles. The average Bonchev–Trinajstić information content (AvgIpc) is 3.21. The summed E-state index contributed by atoms with van der Waals surface area (Å²) in [5.74, 6) is 0.881. The Morgan fingerprint density at radius 2 is 1.55 bits per heavy atom. The number of methoxy groups -OCH3 is 2. The molecule has 4 rings (SSSR count). The Morgan fingerprint density at radius 3 is 2.23 bits per heavy atom. The molecule has 0 aliphatic heterocycles. The Labute approximate surface area is 174 Å². The van der Waals surface area contributed by atoms with Crippen molar-refractivity contribution in [3.63, 3.8) is 0 Å². The van der Waals surface area contributed by atoms with Crippen LogP contribution in [0, 0.1) is 20.2 Å². The predicted octanol–water partition coefficient (Wildman–Crippen LogP) is 3.90. The van der Waals surface area contributed by atoms with Gasteiger partial charge in [0.1, 0.15) is 5.75 Å². The summed E-state index contributed by atoms with van der Waals surface area (Å²) < 4.78 is 12.0. The predicted molar refractivity (Wildman–Crippen MR) is 110 cm³/mol. The van der Waals surface area contributed by atoms with Gasteiger partial charge in [0.15, 0.2) is 17.2 Å². The van der Waals surface area contributed by atoms with E-state index in [0.717, 1.165) is 0 Å². The van der Waals surface area contributed by atoms with Crippen molar-refractivity contribution in [1.29, 1.82) is 0 Å². The largest absolute Gasteiger partial charge is 0.496 e. The number of fused-ring (bicyclic) bond motifs is 1. The average molecular weight is 421 g/mol. The van der Waals surface area contributed by atoms with Gasteiger partial charge in [-0.15, -0.1) is 10.2 Å². The van der Waals surface area contributed by atoms with E-state index in [0.29, 0.717) is 33.9 Å². The summed E-state index contributed by atoms with van der Waals surface area (Å²) in [5, 5.41) is 30.9. The number of hydrogen-bond acceptors (Lipinski definition) is 8. The van der Waals surface area contributed by atoms with Crippen molar-refractivity contribution >= 4 is 17.0 Å². The molecule has 4 aromatic rings. The number of non-ortho nitro benzene ring substituents is 1. The van der Waals surface area contributed by atoms with Gasteiger partial charge in [0.2, 0.25) is 0 Å². The highest BCUT2D eigenvalue weighted by atomic mass is 16.6. The van der Waals surface area contributed by atoms with Crippen LogP contribution < -0.4 is 9.47 Å².